The fraction of sp³-hybridized carbons (Fsp3) is 0.143. The van der Waals surface area contributed by atoms with E-state index in [9.17, 15) is 13.2 Å². The molecule has 0 saturated heterocycles. The van der Waals surface area contributed by atoms with Crippen LogP contribution in [0.15, 0.2) is 46.9 Å². The lowest BCUT2D eigenvalue weighted by molar-refractivity contribution is -0.119. The van der Waals surface area contributed by atoms with Crippen molar-refractivity contribution in [3.05, 3.63) is 47.6 Å². The molecule has 120 valence electrons. The van der Waals surface area contributed by atoms with E-state index in [0.717, 1.165) is 21.7 Å². The Morgan fingerprint density at radius 1 is 1.30 bits per heavy atom. The molecule has 0 aliphatic rings. The first-order chi connectivity index (χ1) is 10.9. The molecule has 0 unspecified atom stereocenters. The first kappa shape index (κ1) is 15.5. The van der Waals surface area contributed by atoms with Gasteiger partial charge in [0.05, 0.1) is 17.7 Å². The Morgan fingerprint density at radius 2 is 2.13 bits per heavy atom. The molecular formula is C14H14N4O3S2. The van der Waals surface area contributed by atoms with Crippen molar-refractivity contribution in [1.29, 1.82) is 0 Å². The highest BCUT2D eigenvalue weighted by Gasteiger charge is 2.17. The van der Waals surface area contributed by atoms with Gasteiger partial charge in [-0.3, -0.25) is 9.52 Å². The number of fused-ring (bicyclic) bond motifs is 1. The standard InChI is InChI=1S/C14H14N4O3S2/c1-10(19)15-9-13-2-3-14(22-13)23(20,21)17-11-5-7-18-12(8-11)4-6-16-18/h2-8,17H,9H2,1H3,(H,15,19). The molecule has 0 aliphatic heterocycles. The van der Waals surface area contributed by atoms with Gasteiger partial charge in [-0.05, 0) is 30.3 Å². The zero-order valence-corrected chi connectivity index (χ0v) is 13.8. The van der Waals surface area contributed by atoms with Crippen LogP contribution in [0.5, 0.6) is 0 Å². The van der Waals surface area contributed by atoms with E-state index >= 15 is 0 Å². The number of nitrogens with one attached hydrogen (secondary N) is 2. The Hall–Kier alpha value is -2.39. The summed E-state index contributed by atoms with van der Waals surface area (Å²) in [5.74, 6) is -0.157. The third-order valence-corrected chi connectivity index (χ3v) is 6.02. The van der Waals surface area contributed by atoms with E-state index < -0.39 is 10.0 Å². The van der Waals surface area contributed by atoms with Gasteiger partial charge in [0.25, 0.3) is 10.0 Å². The maximum atomic E-state index is 12.4. The van der Waals surface area contributed by atoms with Crippen molar-refractivity contribution in [3.63, 3.8) is 0 Å². The Morgan fingerprint density at radius 3 is 2.91 bits per heavy atom. The highest BCUT2D eigenvalue weighted by molar-refractivity contribution is 7.94. The third kappa shape index (κ3) is 3.51. The van der Waals surface area contributed by atoms with Crippen LogP contribution in [0.2, 0.25) is 0 Å². The summed E-state index contributed by atoms with van der Waals surface area (Å²) in [4.78, 5) is 11.7. The molecule has 1 amide bonds. The molecule has 0 fully saturated rings. The number of rotatable bonds is 5. The van der Waals surface area contributed by atoms with Crippen LogP contribution < -0.4 is 10.0 Å². The molecule has 0 spiro atoms. The van der Waals surface area contributed by atoms with E-state index in [1.54, 1.807) is 41.2 Å². The lowest BCUT2D eigenvalue weighted by atomic mass is 10.4. The normalized spacial score (nSPS) is 11.5. The lowest BCUT2D eigenvalue weighted by Gasteiger charge is -2.06. The average Bonchev–Trinajstić information content (AvgIpc) is 3.13. The average molecular weight is 350 g/mol. The van der Waals surface area contributed by atoms with Crippen LogP contribution in [0, 0.1) is 0 Å². The zero-order valence-electron chi connectivity index (χ0n) is 12.2. The molecule has 0 saturated carbocycles. The Labute approximate surface area is 137 Å². The number of carbonyl (C=O) groups excluding carboxylic acids is 1. The maximum absolute atomic E-state index is 12.4. The van der Waals surface area contributed by atoms with Crippen LogP contribution in [-0.2, 0) is 21.4 Å². The number of anilines is 1. The number of hydrogen-bond acceptors (Lipinski definition) is 5. The summed E-state index contributed by atoms with van der Waals surface area (Å²) in [6, 6.07) is 8.35. The fourth-order valence-corrected chi connectivity index (χ4v) is 4.34. The van der Waals surface area contributed by atoms with Gasteiger partial charge >= 0.3 is 0 Å². The Kier molecular flexibility index (Phi) is 4.05. The fourth-order valence-electron chi connectivity index (χ4n) is 2.00. The smallest absolute Gasteiger partial charge is 0.271 e. The van der Waals surface area contributed by atoms with Crippen molar-refractivity contribution < 1.29 is 13.2 Å². The van der Waals surface area contributed by atoms with Gasteiger partial charge in [-0.15, -0.1) is 11.3 Å². The van der Waals surface area contributed by atoms with Crippen LogP contribution >= 0.6 is 11.3 Å². The van der Waals surface area contributed by atoms with Crippen LogP contribution in [-0.4, -0.2) is 23.9 Å². The molecule has 0 atom stereocenters. The number of carbonyl (C=O) groups is 1. The van der Waals surface area contributed by atoms with E-state index in [0.29, 0.717) is 12.2 Å². The van der Waals surface area contributed by atoms with E-state index in [2.05, 4.69) is 15.1 Å². The number of pyridine rings is 1. The number of amides is 1. The molecule has 0 bridgehead atoms. The highest BCUT2D eigenvalue weighted by atomic mass is 32.2. The molecule has 0 aromatic carbocycles. The van der Waals surface area contributed by atoms with Crippen LogP contribution in [0.3, 0.4) is 0 Å². The highest BCUT2D eigenvalue weighted by Crippen LogP contribution is 2.24. The van der Waals surface area contributed by atoms with Gasteiger partial charge in [-0.1, -0.05) is 0 Å². The molecular weight excluding hydrogens is 336 g/mol. The molecule has 9 heteroatoms. The van der Waals surface area contributed by atoms with Gasteiger partial charge < -0.3 is 5.32 Å². The molecule has 3 rings (SSSR count). The van der Waals surface area contributed by atoms with Crippen molar-refractivity contribution in [2.75, 3.05) is 4.72 Å². The number of aromatic nitrogens is 2. The van der Waals surface area contributed by atoms with Crippen molar-refractivity contribution in [2.24, 2.45) is 0 Å². The summed E-state index contributed by atoms with van der Waals surface area (Å²) in [6.07, 6.45) is 3.32. The second-order valence-corrected chi connectivity index (χ2v) is 7.93. The predicted octanol–water partition coefficient (Wildman–Crippen LogP) is 1.83. The summed E-state index contributed by atoms with van der Waals surface area (Å²) in [5, 5.41) is 6.70. The summed E-state index contributed by atoms with van der Waals surface area (Å²) < 4.78 is 29.2. The Balaban J connectivity index is 1.79. The molecule has 0 aliphatic carbocycles. The molecule has 23 heavy (non-hydrogen) atoms. The first-order valence-electron chi connectivity index (χ1n) is 6.73. The minimum atomic E-state index is -3.66. The third-order valence-electron chi connectivity index (χ3n) is 3.07. The number of sulfonamides is 1. The SMILES string of the molecule is CC(=O)NCc1ccc(S(=O)(=O)Nc2ccn3nccc3c2)s1. The van der Waals surface area contributed by atoms with Crippen molar-refractivity contribution >= 4 is 38.5 Å². The maximum Gasteiger partial charge on any atom is 0.271 e. The second kappa shape index (κ2) is 6.01. The molecule has 2 N–H and O–H groups in total. The second-order valence-electron chi connectivity index (χ2n) is 4.85. The number of hydrogen-bond donors (Lipinski definition) is 2. The van der Waals surface area contributed by atoms with E-state index in [1.165, 1.54) is 13.0 Å². The van der Waals surface area contributed by atoms with Crippen molar-refractivity contribution in [1.82, 2.24) is 14.9 Å². The van der Waals surface area contributed by atoms with E-state index in [4.69, 9.17) is 0 Å². The molecule has 0 radical (unpaired) electrons. The minimum Gasteiger partial charge on any atom is -0.351 e. The molecule has 3 aromatic heterocycles. The largest absolute Gasteiger partial charge is 0.351 e. The minimum absolute atomic E-state index is 0.157. The summed E-state index contributed by atoms with van der Waals surface area (Å²) >= 11 is 1.12. The van der Waals surface area contributed by atoms with Gasteiger partial charge in [-0.2, -0.15) is 5.10 Å². The van der Waals surface area contributed by atoms with Crippen LogP contribution in [0.4, 0.5) is 5.69 Å². The Bertz CT molecular complexity index is 959. The number of nitrogens with zero attached hydrogens (tertiary/aromatic N) is 2. The van der Waals surface area contributed by atoms with Gasteiger partial charge in [0.2, 0.25) is 5.91 Å². The first-order valence-corrected chi connectivity index (χ1v) is 9.03. The predicted molar refractivity (Wildman–Crippen MR) is 87.8 cm³/mol. The van der Waals surface area contributed by atoms with Gasteiger partial charge in [0, 0.05) is 24.2 Å². The lowest BCUT2D eigenvalue weighted by Crippen LogP contribution is -2.18. The topological polar surface area (TPSA) is 92.6 Å². The van der Waals surface area contributed by atoms with Crippen molar-refractivity contribution in [3.8, 4) is 0 Å². The van der Waals surface area contributed by atoms with Crippen LogP contribution in [0.1, 0.15) is 11.8 Å². The summed E-state index contributed by atoms with van der Waals surface area (Å²) in [6.45, 7) is 1.73. The summed E-state index contributed by atoms with van der Waals surface area (Å²) in [5.41, 5.74) is 1.26. The zero-order chi connectivity index (χ0) is 16.4. The van der Waals surface area contributed by atoms with Gasteiger partial charge in [0.15, 0.2) is 0 Å². The van der Waals surface area contributed by atoms with Crippen molar-refractivity contribution in [2.45, 2.75) is 17.7 Å². The van der Waals surface area contributed by atoms with Gasteiger partial charge in [-0.25, -0.2) is 12.9 Å². The van der Waals surface area contributed by atoms with Crippen LogP contribution in [0.25, 0.3) is 5.52 Å². The summed E-state index contributed by atoms with van der Waals surface area (Å²) in [7, 11) is -3.66. The van der Waals surface area contributed by atoms with E-state index in [1.807, 2.05) is 0 Å². The quantitative estimate of drug-likeness (QED) is 0.734. The number of thiophene rings is 1. The monoisotopic (exact) mass is 350 g/mol. The van der Waals surface area contributed by atoms with Gasteiger partial charge in [0.1, 0.15) is 4.21 Å². The molecule has 3 heterocycles. The van der Waals surface area contributed by atoms with E-state index in [-0.39, 0.29) is 10.1 Å². The molecule has 7 nitrogen and oxygen atoms in total. The molecule has 3 aromatic rings.